The Morgan fingerprint density at radius 2 is 2.14 bits per heavy atom. The minimum atomic E-state index is -0.195. The second-order valence-electron chi connectivity index (χ2n) is 4.89. The number of rotatable bonds is 7. The molecule has 1 aromatic heterocycles. The van der Waals surface area contributed by atoms with Crippen molar-refractivity contribution in [1.29, 1.82) is 0 Å². The highest BCUT2D eigenvalue weighted by Crippen LogP contribution is 2.16. The van der Waals surface area contributed by atoms with E-state index in [0.717, 1.165) is 17.8 Å². The zero-order chi connectivity index (χ0) is 15.8. The van der Waals surface area contributed by atoms with Gasteiger partial charge in [-0.15, -0.1) is 0 Å². The molecule has 116 valence electrons. The number of aryl methyl sites for hydroxylation is 1. The number of carbonyl (C=O) groups is 1. The van der Waals surface area contributed by atoms with E-state index in [4.69, 9.17) is 0 Å². The minimum Gasteiger partial charge on any atom is -0.396 e. The average molecular weight is 299 g/mol. The van der Waals surface area contributed by atoms with Gasteiger partial charge in [0.05, 0.1) is 11.7 Å². The Hall–Kier alpha value is -2.40. The quantitative estimate of drug-likeness (QED) is 0.770. The number of aliphatic hydroxyl groups excluding tert-OH is 1. The summed E-state index contributed by atoms with van der Waals surface area (Å²) in [7, 11) is 0. The second-order valence-corrected chi connectivity index (χ2v) is 4.89. The molecule has 2 aromatic rings. The third kappa shape index (κ3) is 4.30. The van der Waals surface area contributed by atoms with E-state index in [1.807, 2.05) is 48.0 Å². The van der Waals surface area contributed by atoms with E-state index in [1.54, 1.807) is 12.3 Å². The van der Waals surface area contributed by atoms with E-state index in [9.17, 15) is 9.90 Å². The number of hydrogen-bond acceptors (Lipinski definition) is 3. The van der Waals surface area contributed by atoms with Crippen molar-refractivity contribution in [3.8, 4) is 0 Å². The monoisotopic (exact) mass is 299 g/mol. The number of amides is 1. The Bertz CT molecular complexity index is 620. The summed E-state index contributed by atoms with van der Waals surface area (Å²) in [5, 5.41) is 16.2. The van der Waals surface area contributed by atoms with Gasteiger partial charge in [-0.05, 0) is 31.1 Å². The summed E-state index contributed by atoms with van der Waals surface area (Å²) < 4.78 is 1.81. The Morgan fingerprint density at radius 3 is 2.82 bits per heavy atom. The normalized spacial score (nSPS) is 12.5. The number of aliphatic hydroxyl groups is 1. The summed E-state index contributed by atoms with van der Waals surface area (Å²) >= 11 is 0. The zero-order valence-electron chi connectivity index (χ0n) is 12.6. The maximum absolute atomic E-state index is 12.1. The number of carbonyl (C=O) groups excluding carboxylic acids is 1. The van der Waals surface area contributed by atoms with Crippen LogP contribution in [0.15, 0.2) is 48.7 Å². The first-order valence-corrected chi connectivity index (χ1v) is 7.40. The van der Waals surface area contributed by atoms with Crippen LogP contribution in [0.1, 0.15) is 30.6 Å². The number of aromatic nitrogens is 2. The number of benzene rings is 1. The molecular formula is C17H21N3O2. The molecule has 0 saturated heterocycles. The summed E-state index contributed by atoms with van der Waals surface area (Å²) in [5.41, 5.74) is 1.87. The van der Waals surface area contributed by atoms with Gasteiger partial charge in [-0.1, -0.05) is 30.3 Å². The van der Waals surface area contributed by atoms with Crippen molar-refractivity contribution in [2.45, 2.75) is 25.9 Å². The molecule has 0 aliphatic rings. The van der Waals surface area contributed by atoms with E-state index in [2.05, 4.69) is 10.4 Å². The number of nitrogens with zero attached hydrogens (tertiary/aromatic N) is 2. The Balaban J connectivity index is 2.02. The molecule has 0 radical (unpaired) electrons. The lowest BCUT2D eigenvalue weighted by molar-refractivity contribution is -0.117. The molecule has 2 rings (SSSR count). The third-order valence-corrected chi connectivity index (χ3v) is 3.39. The van der Waals surface area contributed by atoms with E-state index in [-0.39, 0.29) is 18.6 Å². The number of nitrogens with one attached hydrogen (secondary N) is 1. The molecule has 5 nitrogen and oxygen atoms in total. The van der Waals surface area contributed by atoms with Gasteiger partial charge in [-0.2, -0.15) is 5.10 Å². The molecule has 1 atom stereocenters. The first kappa shape index (κ1) is 16.0. The SMILES string of the molecule is CCn1nccc1/C=C/C(=O)NC(CCO)c1ccccc1. The van der Waals surface area contributed by atoms with E-state index in [1.165, 1.54) is 6.08 Å². The highest BCUT2D eigenvalue weighted by atomic mass is 16.3. The lowest BCUT2D eigenvalue weighted by Crippen LogP contribution is -2.27. The molecule has 0 aliphatic heterocycles. The van der Waals surface area contributed by atoms with Crippen molar-refractivity contribution in [2.75, 3.05) is 6.61 Å². The maximum atomic E-state index is 12.1. The van der Waals surface area contributed by atoms with Gasteiger partial charge < -0.3 is 10.4 Å². The smallest absolute Gasteiger partial charge is 0.244 e. The largest absolute Gasteiger partial charge is 0.396 e. The van der Waals surface area contributed by atoms with Crippen LogP contribution < -0.4 is 5.32 Å². The van der Waals surface area contributed by atoms with Crippen LogP contribution in [-0.4, -0.2) is 27.4 Å². The molecule has 0 saturated carbocycles. The fraction of sp³-hybridized carbons (Fsp3) is 0.294. The molecule has 5 heteroatoms. The van der Waals surface area contributed by atoms with E-state index >= 15 is 0 Å². The predicted octanol–water partition coefficient (Wildman–Crippen LogP) is 2.16. The lowest BCUT2D eigenvalue weighted by atomic mass is 10.0. The van der Waals surface area contributed by atoms with Gasteiger partial charge in [0, 0.05) is 25.4 Å². The van der Waals surface area contributed by atoms with Crippen molar-refractivity contribution in [1.82, 2.24) is 15.1 Å². The summed E-state index contributed by atoms with van der Waals surface area (Å²) in [5.74, 6) is -0.189. The van der Waals surface area contributed by atoms with Crippen LogP contribution in [0.4, 0.5) is 0 Å². The van der Waals surface area contributed by atoms with Gasteiger partial charge in [-0.25, -0.2) is 0 Å². The standard InChI is InChI=1S/C17H21N3O2/c1-2-20-15(10-12-18-20)8-9-17(22)19-16(11-13-21)14-6-4-3-5-7-14/h3-10,12,16,21H,2,11,13H2,1H3,(H,19,22)/b9-8+. The zero-order valence-corrected chi connectivity index (χ0v) is 12.6. The molecule has 0 fully saturated rings. The van der Waals surface area contributed by atoms with Crippen LogP contribution in [0, 0.1) is 0 Å². The van der Waals surface area contributed by atoms with Crippen LogP contribution in [0.3, 0.4) is 0 Å². The molecular weight excluding hydrogens is 278 g/mol. The van der Waals surface area contributed by atoms with Crippen LogP contribution >= 0.6 is 0 Å². The van der Waals surface area contributed by atoms with E-state index in [0.29, 0.717) is 6.42 Å². The van der Waals surface area contributed by atoms with Gasteiger partial charge in [0.25, 0.3) is 0 Å². The molecule has 0 bridgehead atoms. The van der Waals surface area contributed by atoms with Gasteiger partial charge in [-0.3, -0.25) is 9.48 Å². The van der Waals surface area contributed by atoms with Crippen LogP contribution in [0.25, 0.3) is 6.08 Å². The van der Waals surface area contributed by atoms with Crippen molar-refractivity contribution in [3.63, 3.8) is 0 Å². The lowest BCUT2D eigenvalue weighted by Gasteiger charge is -2.17. The molecule has 1 unspecified atom stereocenters. The predicted molar refractivity (Wildman–Crippen MR) is 86.0 cm³/mol. The summed E-state index contributed by atoms with van der Waals surface area (Å²) in [4.78, 5) is 12.1. The van der Waals surface area contributed by atoms with Gasteiger partial charge in [0.15, 0.2) is 0 Å². The van der Waals surface area contributed by atoms with Gasteiger partial charge in [0.2, 0.25) is 5.91 Å². The first-order chi connectivity index (χ1) is 10.7. The maximum Gasteiger partial charge on any atom is 0.244 e. The summed E-state index contributed by atoms with van der Waals surface area (Å²) in [6.07, 6.45) is 5.43. The second kappa shape index (κ2) is 8.14. The van der Waals surface area contributed by atoms with Crippen molar-refractivity contribution in [3.05, 3.63) is 59.9 Å². The molecule has 22 heavy (non-hydrogen) atoms. The van der Waals surface area contributed by atoms with Crippen LogP contribution in [0.2, 0.25) is 0 Å². The fourth-order valence-corrected chi connectivity index (χ4v) is 2.27. The Labute approximate surface area is 130 Å². The molecule has 0 aliphatic carbocycles. The fourth-order valence-electron chi connectivity index (χ4n) is 2.27. The molecule has 1 aromatic carbocycles. The van der Waals surface area contributed by atoms with Crippen molar-refractivity contribution in [2.24, 2.45) is 0 Å². The van der Waals surface area contributed by atoms with Gasteiger partial charge in [0.1, 0.15) is 0 Å². The van der Waals surface area contributed by atoms with Crippen LogP contribution in [0.5, 0.6) is 0 Å². The highest BCUT2D eigenvalue weighted by Gasteiger charge is 2.12. The Kier molecular flexibility index (Phi) is 5.91. The molecule has 0 spiro atoms. The third-order valence-electron chi connectivity index (χ3n) is 3.39. The van der Waals surface area contributed by atoms with Crippen LogP contribution in [-0.2, 0) is 11.3 Å². The molecule has 1 heterocycles. The number of hydrogen-bond donors (Lipinski definition) is 2. The van der Waals surface area contributed by atoms with E-state index < -0.39 is 0 Å². The highest BCUT2D eigenvalue weighted by molar-refractivity contribution is 5.91. The Morgan fingerprint density at radius 1 is 1.36 bits per heavy atom. The summed E-state index contributed by atoms with van der Waals surface area (Å²) in [6, 6.07) is 11.3. The van der Waals surface area contributed by atoms with Crippen molar-refractivity contribution < 1.29 is 9.90 Å². The summed E-state index contributed by atoms with van der Waals surface area (Å²) in [6.45, 7) is 2.77. The minimum absolute atomic E-state index is 0.0200. The first-order valence-electron chi connectivity index (χ1n) is 7.40. The van der Waals surface area contributed by atoms with Crippen molar-refractivity contribution >= 4 is 12.0 Å². The molecule has 2 N–H and O–H groups in total. The van der Waals surface area contributed by atoms with Gasteiger partial charge >= 0.3 is 0 Å². The topological polar surface area (TPSA) is 67.2 Å². The molecule has 1 amide bonds. The average Bonchev–Trinajstić information content (AvgIpc) is 3.01.